The molecule has 3 saturated carbocycles. The summed E-state index contributed by atoms with van der Waals surface area (Å²) in [6.07, 6.45) is 24.9. The van der Waals surface area contributed by atoms with Crippen LogP contribution in [-0.4, -0.2) is 61.4 Å². The molecule has 0 bridgehead atoms. The summed E-state index contributed by atoms with van der Waals surface area (Å²) in [7, 11) is 0. The van der Waals surface area contributed by atoms with Gasteiger partial charge in [-0.2, -0.15) is 0 Å². The molecule has 1 heterocycles. The molecular formula is C50H53N3O6. The predicted octanol–water partition coefficient (Wildman–Crippen LogP) is 8.73. The minimum absolute atomic E-state index is 0.00980. The highest BCUT2D eigenvalue weighted by Gasteiger charge is 2.74. The number of aliphatic imine (C=N–C) groups is 2. The Kier molecular flexibility index (Phi) is 9.25. The molecule has 4 aromatic rings. The van der Waals surface area contributed by atoms with Crippen molar-refractivity contribution in [1.82, 2.24) is 5.32 Å². The third-order valence-electron chi connectivity index (χ3n) is 15.6. The quantitative estimate of drug-likeness (QED) is 0.0508. The van der Waals surface area contributed by atoms with Crippen LogP contribution in [0.4, 0.5) is 0 Å². The first-order valence-electron chi connectivity index (χ1n) is 21.5. The van der Waals surface area contributed by atoms with Crippen molar-refractivity contribution in [3.63, 3.8) is 0 Å². The van der Waals surface area contributed by atoms with Gasteiger partial charge in [-0.25, -0.2) is 0 Å². The SMILES string of the molecule is Oc1ccc(/C=C/c2c(CCc3ccc(CN[C@@H]4C=C[C@H]5CCC[C@]56CC[C@@]57CCC[C@H]5C=C[C@H](O)[C@@H]7[C@]46C4=NCN=C4)cc3)c(O)c(O)c3c(O)cccc23)cc1O. The highest BCUT2D eigenvalue weighted by atomic mass is 16.3. The molecule has 0 saturated heterocycles. The fraction of sp³-hybridized carbons (Fsp3) is 0.400. The second kappa shape index (κ2) is 14.4. The molecule has 9 nitrogen and oxygen atoms in total. The lowest BCUT2D eigenvalue weighted by molar-refractivity contribution is -0.165. The van der Waals surface area contributed by atoms with Gasteiger partial charge >= 0.3 is 0 Å². The fourth-order valence-corrected chi connectivity index (χ4v) is 13.2. The van der Waals surface area contributed by atoms with Crippen LogP contribution in [0.1, 0.15) is 79.2 Å². The summed E-state index contributed by atoms with van der Waals surface area (Å²) in [5, 5.41) is 70.0. The maximum Gasteiger partial charge on any atom is 0.169 e. The lowest BCUT2D eigenvalue weighted by Gasteiger charge is -2.69. The monoisotopic (exact) mass is 791 g/mol. The first-order chi connectivity index (χ1) is 28.7. The maximum absolute atomic E-state index is 12.2. The van der Waals surface area contributed by atoms with Crippen LogP contribution in [0.25, 0.3) is 22.9 Å². The molecule has 1 aliphatic heterocycles. The van der Waals surface area contributed by atoms with Gasteiger partial charge in [-0.15, -0.1) is 0 Å². The number of fused-ring (bicyclic) bond motifs is 2. The number of aliphatic hydroxyl groups is 1. The number of phenols is 5. The van der Waals surface area contributed by atoms with E-state index in [0.29, 0.717) is 60.0 Å². The smallest absolute Gasteiger partial charge is 0.169 e. The van der Waals surface area contributed by atoms with Gasteiger partial charge in [-0.1, -0.05) is 91.8 Å². The van der Waals surface area contributed by atoms with Crippen LogP contribution in [0.2, 0.25) is 0 Å². The van der Waals surface area contributed by atoms with Gasteiger partial charge in [0.25, 0.3) is 0 Å². The number of allylic oxidation sites excluding steroid dienone is 2. The van der Waals surface area contributed by atoms with Crippen molar-refractivity contribution in [1.29, 1.82) is 0 Å². The van der Waals surface area contributed by atoms with Crippen molar-refractivity contribution in [3.05, 3.63) is 113 Å². The average molecular weight is 792 g/mol. The van der Waals surface area contributed by atoms with E-state index < -0.39 is 6.10 Å². The van der Waals surface area contributed by atoms with Crippen LogP contribution in [-0.2, 0) is 19.4 Å². The maximum atomic E-state index is 12.2. The van der Waals surface area contributed by atoms with Gasteiger partial charge in [0.15, 0.2) is 23.0 Å². The molecule has 0 radical (unpaired) electrons. The molecule has 0 aromatic heterocycles. The highest BCUT2D eigenvalue weighted by Crippen LogP contribution is 2.76. The van der Waals surface area contributed by atoms with Crippen LogP contribution in [0.3, 0.4) is 0 Å². The van der Waals surface area contributed by atoms with Crippen molar-refractivity contribution in [2.45, 2.75) is 82.9 Å². The molecule has 6 aliphatic rings. The Bertz CT molecular complexity index is 2470. The van der Waals surface area contributed by atoms with E-state index in [-0.39, 0.29) is 62.3 Å². The molecule has 2 spiro atoms. The van der Waals surface area contributed by atoms with Gasteiger partial charge in [0, 0.05) is 35.7 Å². The summed E-state index contributed by atoms with van der Waals surface area (Å²) < 4.78 is 0. The number of aliphatic hydroxyl groups excluding tert-OH is 1. The Labute approximate surface area is 344 Å². The zero-order chi connectivity index (χ0) is 40.5. The number of aromatic hydroxyl groups is 5. The van der Waals surface area contributed by atoms with Crippen molar-refractivity contribution in [2.24, 2.45) is 44.0 Å². The number of hydrogen-bond acceptors (Lipinski definition) is 9. The molecule has 3 fully saturated rings. The van der Waals surface area contributed by atoms with E-state index in [0.717, 1.165) is 29.7 Å². The van der Waals surface area contributed by atoms with E-state index in [2.05, 4.69) is 60.1 Å². The van der Waals surface area contributed by atoms with Gasteiger partial charge in [-0.05, 0) is 120 Å². The Morgan fingerprint density at radius 2 is 1.53 bits per heavy atom. The van der Waals surface area contributed by atoms with Gasteiger partial charge in [0.1, 0.15) is 12.4 Å². The first-order valence-corrected chi connectivity index (χ1v) is 21.5. The van der Waals surface area contributed by atoms with Gasteiger partial charge in [-0.3, -0.25) is 9.98 Å². The number of nitrogens with zero attached hydrogens (tertiary/aromatic N) is 2. The van der Waals surface area contributed by atoms with Crippen molar-refractivity contribution < 1.29 is 30.6 Å². The minimum atomic E-state index is -0.526. The Balaban J connectivity index is 0.934. The van der Waals surface area contributed by atoms with Gasteiger partial charge in [0.2, 0.25) is 0 Å². The van der Waals surface area contributed by atoms with Crippen LogP contribution >= 0.6 is 0 Å². The number of phenolic OH excluding ortho intramolecular Hbond substituents is 5. The summed E-state index contributed by atoms with van der Waals surface area (Å²) in [6.45, 7) is 1.12. The van der Waals surface area contributed by atoms with E-state index in [1.54, 1.807) is 30.4 Å². The van der Waals surface area contributed by atoms with E-state index in [1.807, 2.05) is 0 Å². The summed E-state index contributed by atoms with van der Waals surface area (Å²) in [5.74, 6) is -0.221. The molecule has 304 valence electrons. The van der Waals surface area contributed by atoms with E-state index in [4.69, 9.17) is 9.98 Å². The average Bonchev–Trinajstić information content (AvgIpc) is 4.03. The normalized spacial score (nSPS) is 31.7. The molecule has 0 amide bonds. The Morgan fingerprint density at radius 1 is 0.729 bits per heavy atom. The van der Waals surface area contributed by atoms with Gasteiger partial charge in [0.05, 0.1) is 17.2 Å². The second-order valence-electron chi connectivity index (χ2n) is 18.0. The van der Waals surface area contributed by atoms with E-state index in [9.17, 15) is 30.6 Å². The molecule has 7 N–H and O–H groups in total. The van der Waals surface area contributed by atoms with Crippen LogP contribution in [0, 0.1) is 34.0 Å². The summed E-state index contributed by atoms with van der Waals surface area (Å²) >= 11 is 0. The second-order valence-corrected chi connectivity index (χ2v) is 18.0. The van der Waals surface area contributed by atoms with E-state index in [1.165, 1.54) is 56.7 Å². The Morgan fingerprint density at radius 3 is 2.34 bits per heavy atom. The molecule has 10 rings (SSSR count). The van der Waals surface area contributed by atoms with Crippen molar-refractivity contribution in [3.8, 4) is 28.7 Å². The molecular weight excluding hydrogens is 739 g/mol. The number of nitrogens with one attached hydrogen (secondary N) is 1. The van der Waals surface area contributed by atoms with Crippen LogP contribution in [0.5, 0.6) is 28.7 Å². The third-order valence-corrected chi connectivity index (χ3v) is 15.6. The largest absolute Gasteiger partial charge is 0.507 e. The molecule has 8 atom stereocenters. The molecule has 9 heteroatoms. The lowest BCUT2D eigenvalue weighted by atomic mass is 9.35. The van der Waals surface area contributed by atoms with Gasteiger partial charge < -0.3 is 36.0 Å². The molecule has 59 heavy (non-hydrogen) atoms. The van der Waals surface area contributed by atoms with Crippen molar-refractivity contribution >= 4 is 34.9 Å². The van der Waals surface area contributed by atoms with Crippen LogP contribution in [0.15, 0.2) is 95.0 Å². The molecule has 5 aliphatic carbocycles. The standard InChI is InChI=1S/C50H53N3O6/c54-38-19-14-31(26-41(38)57)13-17-35-36-6-1-7-39(55)44(36)46(59)45(58)37(35)18-12-30-8-10-32(11-9-30)27-52-42-21-16-34-5-3-23-49(34)25-24-48-22-2-4-33(48)15-20-40(56)47(48)50(42,49)43-28-51-29-53-43/h1,6-11,13-17,19-21,26,28,33-34,40,42,47,52,54-59H,2-5,12,18,22-25,27,29H2/b17-13+/t33-,34+,40-,42+,47-,48-,49-,50+/m0/s1. The van der Waals surface area contributed by atoms with Crippen LogP contribution < -0.4 is 5.32 Å². The minimum Gasteiger partial charge on any atom is -0.507 e. The zero-order valence-electron chi connectivity index (χ0n) is 33.3. The highest BCUT2D eigenvalue weighted by molar-refractivity contribution is 6.35. The zero-order valence-corrected chi connectivity index (χ0v) is 33.3. The predicted molar refractivity (Wildman–Crippen MR) is 232 cm³/mol. The third kappa shape index (κ3) is 5.71. The van der Waals surface area contributed by atoms with E-state index >= 15 is 0 Å². The number of hydrogen-bond donors (Lipinski definition) is 7. The number of benzene rings is 4. The van der Waals surface area contributed by atoms with Crippen molar-refractivity contribution in [2.75, 3.05) is 6.67 Å². The lowest BCUT2D eigenvalue weighted by Crippen LogP contribution is -2.73. The Hall–Kier alpha value is -5.38. The first kappa shape index (κ1) is 37.9. The fourth-order valence-electron chi connectivity index (χ4n) is 13.2. The summed E-state index contributed by atoms with van der Waals surface area (Å²) in [6, 6.07) is 18.0. The molecule has 0 unspecified atom stereocenters. The molecule has 4 aromatic carbocycles. The summed E-state index contributed by atoms with van der Waals surface area (Å²) in [5.41, 5.74) is 4.84. The summed E-state index contributed by atoms with van der Waals surface area (Å²) in [4.78, 5) is 9.88. The number of aryl methyl sites for hydroxylation is 1. The topological polar surface area (TPSA) is 158 Å². The number of rotatable bonds is 9.